The Kier molecular flexibility index (Phi) is 3.16. The highest BCUT2D eigenvalue weighted by molar-refractivity contribution is 5.65. The molecule has 1 heteroatoms. The van der Waals surface area contributed by atoms with Gasteiger partial charge in [0.1, 0.15) is 0 Å². The highest BCUT2D eigenvalue weighted by Crippen LogP contribution is 2.25. The van der Waals surface area contributed by atoms with Crippen molar-refractivity contribution in [3.05, 3.63) is 59.7 Å². The van der Waals surface area contributed by atoms with E-state index in [-0.39, 0.29) is 0 Å². The van der Waals surface area contributed by atoms with Crippen molar-refractivity contribution in [2.24, 2.45) is 0 Å². The molecule has 0 amide bonds. The van der Waals surface area contributed by atoms with Crippen LogP contribution in [0.5, 0.6) is 0 Å². The zero-order valence-corrected chi connectivity index (χ0v) is 10.8. The van der Waals surface area contributed by atoms with Crippen LogP contribution in [0.1, 0.15) is 24.5 Å². The summed E-state index contributed by atoms with van der Waals surface area (Å²) in [7, 11) is 0. The lowest BCUT2D eigenvalue weighted by atomic mass is 9.91. The van der Waals surface area contributed by atoms with E-state index in [0.29, 0.717) is 6.04 Å². The SMILES string of the molecule is CCC1Cc2ccc(-c3ccccc3)cc2CN1. The van der Waals surface area contributed by atoms with Crippen molar-refractivity contribution >= 4 is 0 Å². The average molecular weight is 237 g/mol. The minimum absolute atomic E-state index is 0.653. The van der Waals surface area contributed by atoms with Crippen LogP contribution in [-0.2, 0) is 13.0 Å². The third-order valence-corrected chi connectivity index (χ3v) is 3.85. The molecule has 0 bridgehead atoms. The molecule has 3 rings (SSSR count). The van der Waals surface area contributed by atoms with Gasteiger partial charge in [0, 0.05) is 12.6 Å². The maximum atomic E-state index is 3.60. The molecule has 0 aliphatic carbocycles. The molecule has 2 aromatic rings. The largest absolute Gasteiger partial charge is 0.310 e. The minimum Gasteiger partial charge on any atom is -0.310 e. The fourth-order valence-electron chi connectivity index (χ4n) is 2.68. The van der Waals surface area contributed by atoms with E-state index in [4.69, 9.17) is 0 Å². The molecule has 2 aromatic carbocycles. The number of hydrogen-bond acceptors (Lipinski definition) is 1. The summed E-state index contributed by atoms with van der Waals surface area (Å²) in [6.07, 6.45) is 2.38. The third kappa shape index (κ3) is 2.19. The molecule has 0 saturated carbocycles. The van der Waals surface area contributed by atoms with Crippen LogP contribution in [-0.4, -0.2) is 6.04 Å². The Balaban J connectivity index is 1.93. The Bertz CT molecular complexity index is 531. The predicted octanol–water partition coefficient (Wildman–Crippen LogP) is 3.78. The summed E-state index contributed by atoms with van der Waals surface area (Å²) in [5.74, 6) is 0. The second kappa shape index (κ2) is 4.95. The van der Waals surface area contributed by atoms with Crippen LogP contribution in [0.4, 0.5) is 0 Å². The summed E-state index contributed by atoms with van der Waals surface area (Å²) in [5, 5.41) is 3.60. The maximum absolute atomic E-state index is 3.60. The Hall–Kier alpha value is -1.60. The van der Waals surface area contributed by atoms with Gasteiger partial charge in [-0.1, -0.05) is 49.4 Å². The van der Waals surface area contributed by atoms with Gasteiger partial charge in [-0.3, -0.25) is 0 Å². The lowest BCUT2D eigenvalue weighted by molar-refractivity contribution is 0.468. The molecule has 1 aliphatic heterocycles. The van der Waals surface area contributed by atoms with E-state index < -0.39 is 0 Å². The fourth-order valence-corrected chi connectivity index (χ4v) is 2.68. The topological polar surface area (TPSA) is 12.0 Å². The first-order valence-corrected chi connectivity index (χ1v) is 6.77. The summed E-state index contributed by atoms with van der Waals surface area (Å²) in [4.78, 5) is 0. The number of nitrogens with one attached hydrogen (secondary N) is 1. The molecule has 1 N–H and O–H groups in total. The lowest BCUT2D eigenvalue weighted by Gasteiger charge is -2.25. The number of rotatable bonds is 2. The van der Waals surface area contributed by atoms with Gasteiger partial charge in [0.15, 0.2) is 0 Å². The monoisotopic (exact) mass is 237 g/mol. The van der Waals surface area contributed by atoms with Gasteiger partial charge in [-0.05, 0) is 41.2 Å². The van der Waals surface area contributed by atoms with E-state index in [0.717, 1.165) is 6.54 Å². The van der Waals surface area contributed by atoms with Crippen LogP contribution in [0.25, 0.3) is 11.1 Å². The molecule has 92 valence electrons. The van der Waals surface area contributed by atoms with E-state index in [1.807, 2.05) is 0 Å². The highest BCUT2D eigenvalue weighted by Gasteiger charge is 2.16. The highest BCUT2D eigenvalue weighted by atomic mass is 14.9. The Morgan fingerprint density at radius 3 is 2.61 bits per heavy atom. The first kappa shape index (κ1) is 11.5. The first-order valence-electron chi connectivity index (χ1n) is 6.77. The van der Waals surface area contributed by atoms with Crippen molar-refractivity contribution in [1.29, 1.82) is 0 Å². The zero-order chi connectivity index (χ0) is 12.4. The summed E-state index contributed by atoms with van der Waals surface area (Å²) < 4.78 is 0. The molecule has 1 atom stereocenters. The van der Waals surface area contributed by atoms with Crippen molar-refractivity contribution in [3.63, 3.8) is 0 Å². The molecule has 0 fully saturated rings. The molecule has 0 saturated heterocycles. The van der Waals surface area contributed by atoms with Crippen molar-refractivity contribution in [1.82, 2.24) is 5.32 Å². The summed E-state index contributed by atoms with van der Waals surface area (Å²) in [6.45, 7) is 3.26. The van der Waals surface area contributed by atoms with Gasteiger partial charge in [0.2, 0.25) is 0 Å². The third-order valence-electron chi connectivity index (χ3n) is 3.85. The van der Waals surface area contributed by atoms with Gasteiger partial charge in [0.05, 0.1) is 0 Å². The fraction of sp³-hybridized carbons (Fsp3) is 0.294. The molecule has 1 aliphatic rings. The van der Waals surface area contributed by atoms with Crippen LogP contribution in [0.3, 0.4) is 0 Å². The summed E-state index contributed by atoms with van der Waals surface area (Å²) in [5.41, 5.74) is 5.60. The van der Waals surface area contributed by atoms with Crippen molar-refractivity contribution in [2.75, 3.05) is 0 Å². The Morgan fingerprint density at radius 1 is 1.00 bits per heavy atom. The molecule has 0 spiro atoms. The quantitative estimate of drug-likeness (QED) is 0.838. The van der Waals surface area contributed by atoms with Gasteiger partial charge < -0.3 is 5.32 Å². The summed E-state index contributed by atoms with van der Waals surface area (Å²) in [6, 6.07) is 18.2. The zero-order valence-electron chi connectivity index (χ0n) is 10.8. The number of fused-ring (bicyclic) bond motifs is 1. The predicted molar refractivity (Wildman–Crippen MR) is 76.5 cm³/mol. The molecule has 1 nitrogen and oxygen atoms in total. The molecule has 1 unspecified atom stereocenters. The van der Waals surface area contributed by atoms with E-state index >= 15 is 0 Å². The van der Waals surface area contributed by atoms with Crippen LogP contribution >= 0.6 is 0 Å². The maximum Gasteiger partial charge on any atom is 0.0211 e. The minimum atomic E-state index is 0.653. The van der Waals surface area contributed by atoms with E-state index in [2.05, 4.69) is 60.8 Å². The summed E-state index contributed by atoms with van der Waals surface area (Å²) >= 11 is 0. The van der Waals surface area contributed by atoms with Crippen molar-refractivity contribution in [3.8, 4) is 11.1 Å². The van der Waals surface area contributed by atoms with Crippen LogP contribution < -0.4 is 5.32 Å². The smallest absolute Gasteiger partial charge is 0.0211 e. The second-order valence-electron chi connectivity index (χ2n) is 5.04. The molecule has 1 heterocycles. The number of hydrogen-bond donors (Lipinski definition) is 1. The Labute approximate surface area is 109 Å². The normalized spacial score (nSPS) is 18.4. The van der Waals surface area contributed by atoms with Crippen LogP contribution in [0, 0.1) is 0 Å². The van der Waals surface area contributed by atoms with Crippen molar-refractivity contribution < 1.29 is 0 Å². The van der Waals surface area contributed by atoms with Gasteiger partial charge in [-0.2, -0.15) is 0 Å². The van der Waals surface area contributed by atoms with Gasteiger partial charge in [0.25, 0.3) is 0 Å². The average Bonchev–Trinajstić information content (AvgIpc) is 2.47. The van der Waals surface area contributed by atoms with Crippen LogP contribution in [0.2, 0.25) is 0 Å². The number of benzene rings is 2. The molecule has 0 radical (unpaired) electrons. The van der Waals surface area contributed by atoms with Gasteiger partial charge in [-0.15, -0.1) is 0 Å². The van der Waals surface area contributed by atoms with Crippen molar-refractivity contribution in [2.45, 2.75) is 32.4 Å². The van der Waals surface area contributed by atoms with E-state index in [1.165, 1.54) is 35.1 Å². The molecular weight excluding hydrogens is 218 g/mol. The van der Waals surface area contributed by atoms with E-state index in [1.54, 1.807) is 0 Å². The standard InChI is InChI=1S/C17H19N/c1-2-17-11-15-9-8-14(10-16(15)12-18-17)13-6-4-3-5-7-13/h3-10,17-18H,2,11-12H2,1H3. The molecule has 18 heavy (non-hydrogen) atoms. The second-order valence-corrected chi connectivity index (χ2v) is 5.04. The lowest BCUT2D eigenvalue weighted by Crippen LogP contribution is -2.34. The van der Waals surface area contributed by atoms with E-state index in [9.17, 15) is 0 Å². The van der Waals surface area contributed by atoms with Gasteiger partial charge in [-0.25, -0.2) is 0 Å². The molecular formula is C17H19N. The Morgan fingerprint density at radius 2 is 1.83 bits per heavy atom. The van der Waals surface area contributed by atoms with Gasteiger partial charge >= 0.3 is 0 Å². The van der Waals surface area contributed by atoms with Crippen LogP contribution in [0.15, 0.2) is 48.5 Å². The first-order chi connectivity index (χ1) is 8.86. The molecule has 0 aromatic heterocycles.